The van der Waals surface area contributed by atoms with Crippen LogP contribution in [0.25, 0.3) is 0 Å². The first kappa shape index (κ1) is 21.5. The minimum absolute atomic E-state index is 0.145. The van der Waals surface area contributed by atoms with Crippen LogP contribution in [0, 0.1) is 6.92 Å². The molecule has 2 heterocycles. The number of benzene rings is 1. The fraction of sp³-hybridized carbons (Fsp3) is 0.333. The molecule has 0 fully saturated rings. The van der Waals surface area contributed by atoms with Gasteiger partial charge in [-0.25, -0.2) is 18.1 Å². The van der Waals surface area contributed by atoms with Crippen molar-refractivity contribution >= 4 is 39.2 Å². The number of nitrogens with zero attached hydrogens (tertiary/aromatic N) is 3. The number of para-hydroxylation sites is 2. The van der Waals surface area contributed by atoms with Gasteiger partial charge in [0.25, 0.3) is 15.9 Å². The van der Waals surface area contributed by atoms with Gasteiger partial charge in [0.1, 0.15) is 12.4 Å². The monoisotopic (exact) mass is 435 g/mol. The van der Waals surface area contributed by atoms with Crippen LogP contribution in [0.4, 0.5) is 11.4 Å². The van der Waals surface area contributed by atoms with Gasteiger partial charge >= 0.3 is 5.97 Å². The van der Waals surface area contributed by atoms with Crippen LogP contribution in [0.1, 0.15) is 12.2 Å². The predicted molar refractivity (Wildman–Crippen MR) is 106 cm³/mol. The Hall–Kier alpha value is -3.25. The Morgan fingerprint density at radius 1 is 1.30 bits per heavy atom. The molecule has 1 aliphatic rings. The highest BCUT2D eigenvalue weighted by Gasteiger charge is 2.27. The van der Waals surface area contributed by atoms with E-state index < -0.39 is 28.5 Å². The minimum atomic E-state index is -3.85. The maximum Gasteiger partial charge on any atom is 0.307 e. The lowest BCUT2D eigenvalue weighted by molar-refractivity contribution is -0.147. The number of imidazole rings is 1. The summed E-state index contributed by atoms with van der Waals surface area (Å²) in [6.07, 6.45) is 1.09. The number of hydrogen-bond donors (Lipinski definition) is 2. The van der Waals surface area contributed by atoms with Gasteiger partial charge in [0.05, 0.1) is 17.8 Å². The molecule has 160 valence electrons. The van der Waals surface area contributed by atoms with Gasteiger partial charge in [-0.05, 0) is 19.1 Å². The Kier molecular flexibility index (Phi) is 6.17. The molecule has 3 rings (SSSR count). The molecule has 30 heavy (non-hydrogen) atoms. The van der Waals surface area contributed by atoms with Crippen molar-refractivity contribution in [2.45, 2.75) is 18.4 Å². The number of rotatable bonds is 7. The molecule has 0 spiro atoms. The predicted octanol–water partition coefficient (Wildman–Crippen LogP) is -0.0746. The molecule has 1 aromatic carbocycles. The molecule has 0 saturated heterocycles. The van der Waals surface area contributed by atoms with Crippen LogP contribution in [0.15, 0.2) is 35.5 Å². The topological polar surface area (TPSA) is 140 Å². The third kappa shape index (κ3) is 4.83. The fourth-order valence-corrected chi connectivity index (χ4v) is 3.83. The lowest BCUT2D eigenvalue weighted by atomic mass is 10.2. The SMILES string of the molecule is Cc1nc(S(=O)(=O)NCCC(=O)OCC(=O)N2CC(=O)Nc3ccccc32)cn1C. The first-order chi connectivity index (χ1) is 14.2. The Morgan fingerprint density at radius 3 is 2.73 bits per heavy atom. The van der Waals surface area contributed by atoms with E-state index in [0.717, 1.165) is 0 Å². The van der Waals surface area contributed by atoms with Crippen molar-refractivity contribution in [3.8, 4) is 0 Å². The number of nitrogens with one attached hydrogen (secondary N) is 2. The zero-order valence-corrected chi connectivity index (χ0v) is 17.2. The summed E-state index contributed by atoms with van der Waals surface area (Å²) in [5.74, 6) is -1.14. The van der Waals surface area contributed by atoms with Crippen LogP contribution < -0.4 is 14.9 Å². The number of aryl methyl sites for hydroxylation is 2. The van der Waals surface area contributed by atoms with Crippen molar-refractivity contribution in [3.63, 3.8) is 0 Å². The van der Waals surface area contributed by atoms with Crippen molar-refractivity contribution < 1.29 is 27.5 Å². The average Bonchev–Trinajstić information content (AvgIpc) is 3.04. The van der Waals surface area contributed by atoms with E-state index in [9.17, 15) is 22.8 Å². The molecule has 0 unspecified atom stereocenters. The Labute approximate surface area is 173 Å². The zero-order chi connectivity index (χ0) is 21.9. The van der Waals surface area contributed by atoms with Gasteiger partial charge in [-0.3, -0.25) is 19.3 Å². The standard InChI is InChI=1S/C18H21N5O6S/c1-12-20-16(10-22(12)2)30(27,28)19-8-7-18(26)29-11-17(25)23-9-15(24)21-13-5-3-4-6-14(13)23/h3-6,10,19H,7-9,11H2,1-2H3,(H,21,24). The highest BCUT2D eigenvalue weighted by atomic mass is 32.2. The van der Waals surface area contributed by atoms with E-state index in [-0.39, 0.29) is 30.4 Å². The normalized spacial score (nSPS) is 13.5. The van der Waals surface area contributed by atoms with Crippen molar-refractivity contribution in [1.82, 2.24) is 14.3 Å². The summed E-state index contributed by atoms with van der Waals surface area (Å²) in [6, 6.07) is 6.77. The summed E-state index contributed by atoms with van der Waals surface area (Å²) in [7, 11) is -2.19. The largest absolute Gasteiger partial charge is 0.456 e. The Balaban J connectivity index is 1.49. The summed E-state index contributed by atoms with van der Waals surface area (Å²) >= 11 is 0. The quantitative estimate of drug-likeness (QED) is 0.580. The Morgan fingerprint density at radius 2 is 2.03 bits per heavy atom. The number of sulfonamides is 1. The molecule has 0 aliphatic carbocycles. The molecule has 2 amide bonds. The molecule has 1 aromatic heterocycles. The first-order valence-electron chi connectivity index (χ1n) is 9.02. The number of anilines is 2. The van der Waals surface area contributed by atoms with E-state index in [1.54, 1.807) is 42.8 Å². The molecule has 0 saturated carbocycles. The van der Waals surface area contributed by atoms with Crippen LogP contribution in [-0.4, -0.2) is 55.4 Å². The fourth-order valence-electron chi connectivity index (χ4n) is 2.77. The van der Waals surface area contributed by atoms with E-state index in [0.29, 0.717) is 17.2 Å². The van der Waals surface area contributed by atoms with Gasteiger partial charge in [-0.1, -0.05) is 12.1 Å². The van der Waals surface area contributed by atoms with Crippen molar-refractivity contribution in [2.75, 3.05) is 29.9 Å². The molecule has 0 atom stereocenters. The van der Waals surface area contributed by atoms with Crippen molar-refractivity contribution in [2.24, 2.45) is 7.05 Å². The number of carbonyl (C=O) groups is 3. The van der Waals surface area contributed by atoms with Crippen molar-refractivity contribution in [1.29, 1.82) is 0 Å². The molecule has 0 bridgehead atoms. The smallest absolute Gasteiger partial charge is 0.307 e. The molecule has 1 aliphatic heterocycles. The molecule has 12 heteroatoms. The van der Waals surface area contributed by atoms with Crippen molar-refractivity contribution in [3.05, 3.63) is 36.3 Å². The lowest BCUT2D eigenvalue weighted by Gasteiger charge is -2.28. The van der Waals surface area contributed by atoms with E-state index in [1.165, 1.54) is 11.1 Å². The summed E-state index contributed by atoms with van der Waals surface area (Å²) in [4.78, 5) is 41.2. The number of fused-ring (bicyclic) bond motifs is 1. The van der Waals surface area contributed by atoms with Gasteiger partial charge in [-0.2, -0.15) is 0 Å². The van der Waals surface area contributed by atoms with E-state index in [2.05, 4.69) is 15.0 Å². The van der Waals surface area contributed by atoms with Crippen LogP contribution in [0.3, 0.4) is 0 Å². The van der Waals surface area contributed by atoms with Gasteiger partial charge in [0.2, 0.25) is 5.91 Å². The molecule has 2 aromatic rings. The summed E-state index contributed by atoms with van der Waals surface area (Å²) < 4.78 is 33.1. The third-order valence-electron chi connectivity index (χ3n) is 4.41. The third-order valence-corrected chi connectivity index (χ3v) is 5.74. The number of ether oxygens (including phenoxy) is 1. The average molecular weight is 435 g/mol. The van der Waals surface area contributed by atoms with E-state index in [1.807, 2.05) is 0 Å². The van der Waals surface area contributed by atoms with E-state index >= 15 is 0 Å². The molecule has 0 radical (unpaired) electrons. The van der Waals surface area contributed by atoms with E-state index in [4.69, 9.17) is 4.74 Å². The van der Waals surface area contributed by atoms with Crippen LogP contribution >= 0.6 is 0 Å². The van der Waals surface area contributed by atoms with Crippen LogP contribution in [-0.2, 0) is 36.2 Å². The lowest BCUT2D eigenvalue weighted by Crippen LogP contribution is -2.44. The van der Waals surface area contributed by atoms with Crippen LogP contribution in [0.5, 0.6) is 0 Å². The second kappa shape index (κ2) is 8.63. The second-order valence-electron chi connectivity index (χ2n) is 6.59. The number of aromatic nitrogens is 2. The number of carbonyl (C=O) groups excluding carboxylic acids is 3. The first-order valence-corrected chi connectivity index (χ1v) is 10.5. The van der Waals surface area contributed by atoms with Gasteiger partial charge in [-0.15, -0.1) is 0 Å². The summed E-state index contributed by atoms with van der Waals surface area (Å²) in [5.41, 5.74) is 1.00. The van der Waals surface area contributed by atoms with Gasteiger partial charge < -0.3 is 14.6 Å². The van der Waals surface area contributed by atoms with Gasteiger partial charge in [0.15, 0.2) is 11.6 Å². The number of hydrogen-bond acceptors (Lipinski definition) is 7. The highest BCUT2D eigenvalue weighted by Crippen LogP contribution is 2.28. The molecular weight excluding hydrogens is 414 g/mol. The number of amides is 2. The summed E-state index contributed by atoms with van der Waals surface area (Å²) in [5, 5.41) is 2.51. The molecular formula is C18H21N5O6S. The highest BCUT2D eigenvalue weighted by molar-refractivity contribution is 7.89. The number of esters is 1. The molecule has 11 nitrogen and oxygen atoms in total. The van der Waals surface area contributed by atoms with Crippen LogP contribution in [0.2, 0.25) is 0 Å². The molecule has 2 N–H and O–H groups in total. The maximum atomic E-state index is 12.4. The maximum absolute atomic E-state index is 12.4. The summed E-state index contributed by atoms with van der Waals surface area (Å²) in [6.45, 7) is 0.709. The zero-order valence-electron chi connectivity index (χ0n) is 16.4. The Bertz CT molecular complexity index is 1070. The minimum Gasteiger partial charge on any atom is -0.456 e. The van der Waals surface area contributed by atoms with Gasteiger partial charge in [0, 0.05) is 19.8 Å². The second-order valence-corrected chi connectivity index (χ2v) is 8.30.